The summed E-state index contributed by atoms with van der Waals surface area (Å²) in [6, 6.07) is 13.8. The summed E-state index contributed by atoms with van der Waals surface area (Å²) in [6.07, 6.45) is 3.74. The van der Waals surface area contributed by atoms with Crippen LogP contribution in [-0.4, -0.2) is 87.7 Å². The number of aromatic nitrogens is 3. The Labute approximate surface area is 255 Å². The Morgan fingerprint density at radius 3 is 2.70 bits per heavy atom. The molecular weight excluding hydrogens is 561 g/mol. The summed E-state index contributed by atoms with van der Waals surface area (Å²) in [5.74, 6) is -1.52. The van der Waals surface area contributed by atoms with Crippen molar-refractivity contribution in [1.29, 1.82) is 5.26 Å². The van der Waals surface area contributed by atoms with E-state index >= 15 is 0 Å². The highest BCUT2D eigenvalue weighted by molar-refractivity contribution is 6.03. The first-order chi connectivity index (χ1) is 21.3. The molecule has 0 radical (unpaired) electrons. The van der Waals surface area contributed by atoms with Crippen LogP contribution in [-0.2, 0) is 4.79 Å². The minimum absolute atomic E-state index is 0.00396. The number of piperazine rings is 1. The zero-order valence-corrected chi connectivity index (χ0v) is 24.8. The van der Waals surface area contributed by atoms with Gasteiger partial charge in [-0.3, -0.25) is 9.78 Å². The topological polar surface area (TPSA) is 119 Å². The summed E-state index contributed by atoms with van der Waals surface area (Å²) in [4.78, 5) is 32.1. The summed E-state index contributed by atoms with van der Waals surface area (Å²) < 4.78 is 20.0. The molecule has 1 N–H and O–H groups in total. The van der Waals surface area contributed by atoms with Crippen LogP contribution in [0.15, 0.2) is 55.0 Å². The number of hydrogen-bond donors (Lipinski definition) is 1. The van der Waals surface area contributed by atoms with E-state index in [1.54, 1.807) is 6.20 Å². The Morgan fingerprint density at radius 1 is 1.18 bits per heavy atom. The molecule has 11 heteroatoms. The van der Waals surface area contributed by atoms with Crippen molar-refractivity contribution in [3.8, 4) is 29.1 Å². The third kappa shape index (κ3) is 5.37. The zero-order valence-electron chi connectivity index (χ0n) is 24.8. The van der Waals surface area contributed by atoms with E-state index < -0.39 is 17.8 Å². The van der Waals surface area contributed by atoms with E-state index in [9.17, 15) is 19.6 Å². The van der Waals surface area contributed by atoms with Gasteiger partial charge in [0.1, 0.15) is 23.6 Å². The molecule has 2 aromatic carbocycles. The molecule has 0 bridgehead atoms. The van der Waals surface area contributed by atoms with Gasteiger partial charge >= 0.3 is 6.01 Å². The lowest BCUT2D eigenvalue weighted by atomic mass is 9.97. The second kappa shape index (κ2) is 12.1. The normalized spacial score (nSPS) is 19.0. The van der Waals surface area contributed by atoms with Crippen molar-refractivity contribution in [2.75, 3.05) is 44.7 Å². The Morgan fingerprint density at radius 2 is 1.98 bits per heavy atom. The average Bonchev–Trinajstić information content (AvgIpc) is 3.44. The number of nitrogens with zero attached hydrogens (tertiary/aromatic N) is 7. The van der Waals surface area contributed by atoms with Gasteiger partial charge in [0.2, 0.25) is 0 Å². The number of nitriles is 1. The molecule has 2 aliphatic heterocycles. The number of carbonyl (C=O) groups is 1. The number of likely N-dealkylation sites (tertiary alicyclic amines) is 1. The first-order valence-electron chi connectivity index (χ1n) is 14.8. The Kier molecular flexibility index (Phi) is 8.01. The molecule has 4 heterocycles. The summed E-state index contributed by atoms with van der Waals surface area (Å²) in [5, 5.41) is 23.7. The predicted octanol–water partition coefficient (Wildman–Crippen LogP) is 4.75. The van der Waals surface area contributed by atoms with Gasteiger partial charge in [-0.2, -0.15) is 15.2 Å². The molecule has 2 fully saturated rings. The molecule has 0 spiro atoms. The molecule has 0 unspecified atom stereocenters. The first kappa shape index (κ1) is 29.3. The Hall–Kier alpha value is -4.82. The van der Waals surface area contributed by atoms with Crippen molar-refractivity contribution >= 4 is 33.4 Å². The van der Waals surface area contributed by atoms with Crippen LogP contribution in [0, 0.1) is 18.3 Å². The summed E-state index contributed by atoms with van der Waals surface area (Å²) in [6.45, 7) is 7.24. The van der Waals surface area contributed by atoms with E-state index in [4.69, 9.17) is 14.7 Å². The average molecular weight is 596 g/mol. The predicted molar refractivity (Wildman–Crippen MR) is 166 cm³/mol. The molecule has 2 atom stereocenters. The fourth-order valence-electron chi connectivity index (χ4n) is 6.38. The molecule has 1 amide bonds. The van der Waals surface area contributed by atoms with Crippen LogP contribution in [0.5, 0.6) is 11.8 Å². The number of anilines is 1. The van der Waals surface area contributed by atoms with E-state index in [1.807, 2.05) is 48.2 Å². The van der Waals surface area contributed by atoms with Gasteiger partial charge in [0, 0.05) is 37.4 Å². The second-order valence-electron chi connectivity index (χ2n) is 11.5. The van der Waals surface area contributed by atoms with Crippen LogP contribution in [0.4, 0.5) is 10.2 Å². The molecule has 6 rings (SSSR count). The number of amides is 1. The van der Waals surface area contributed by atoms with Gasteiger partial charge in [-0.05, 0) is 49.7 Å². The summed E-state index contributed by atoms with van der Waals surface area (Å²) in [5.41, 5.74) is 2.51. The number of benzene rings is 2. The number of pyridine rings is 1. The number of hydrogen-bond acceptors (Lipinski definition) is 9. The number of carbonyl (C=O) groups excluding carboxylic acids is 1. The molecular formula is C33H34FN7O3. The number of aryl methyl sites for hydroxylation is 1. The molecule has 2 aromatic heterocycles. The number of likely N-dealkylation sites (N-methyl/N-ethyl adjacent to an activating group) is 1. The lowest BCUT2D eigenvalue weighted by molar-refractivity contribution is -0.131. The van der Waals surface area contributed by atoms with Gasteiger partial charge in [0.15, 0.2) is 11.6 Å². The zero-order chi connectivity index (χ0) is 31.0. The number of halogens is 1. The SMILES string of the molecule is C=C(F)C(=O)N1CCN(c2nc(OC[C@@H]3CCCN3C)nc3c(O)c(-c4cccc5cccc(C)c45)ncc23)C[C@@H]1CC#N. The van der Waals surface area contributed by atoms with Crippen LogP contribution in [0.25, 0.3) is 32.9 Å². The maximum absolute atomic E-state index is 13.8. The van der Waals surface area contributed by atoms with E-state index in [1.165, 1.54) is 4.90 Å². The number of rotatable bonds is 7. The standard InChI is InChI=1S/C33H34FN7O3/c1-20-7-4-8-22-9-5-11-25(27(20)22)28-30(42)29-26(17-36-28)31(38-33(37-29)44-19-24-10-6-14-39(24)3)40-15-16-41(32(43)21(2)34)23(18-40)12-13-35/h4-5,7-9,11,17,23-24,42H,2,6,10,12,14-16,18-19H2,1,3H3/t23-,24-/m0/s1. The largest absolute Gasteiger partial charge is 0.504 e. The van der Waals surface area contributed by atoms with Gasteiger partial charge < -0.3 is 24.5 Å². The van der Waals surface area contributed by atoms with Crippen molar-refractivity contribution < 1.29 is 19.0 Å². The summed E-state index contributed by atoms with van der Waals surface area (Å²) in [7, 11) is 2.06. The minimum Gasteiger partial charge on any atom is -0.504 e. The van der Waals surface area contributed by atoms with Gasteiger partial charge in [-0.25, -0.2) is 4.39 Å². The molecule has 2 saturated heterocycles. The van der Waals surface area contributed by atoms with Gasteiger partial charge in [-0.15, -0.1) is 0 Å². The highest BCUT2D eigenvalue weighted by Gasteiger charge is 2.34. The van der Waals surface area contributed by atoms with Crippen LogP contribution in [0.1, 0.15) is 24.8 Å². The third-order valence-corrected chi connectivity index (χ3v) is 8.72. The highest BCUT2D eigenvalue weighted by Crippen LogP contribution is 2.40. The van der Waals surface area contributed by atoms with Crippen molar-refractivity contribution in [3.63, 3.8) is 0 Å². The lowest BCUT2D eigenvalue weighted by Crippen LogP contribution is -2.55. The third-order valence-electron chi connectivity index (χ3n) is 8.72. The van der Waals surface area contributed by atoms with E-state index in [-0.39, 0.29) is 42.8 Å². The van der Waals surface area contributed by atoms with Crippen LogP contribution in [0.3, 0.4) is 0 Å². The molecule has 0 aliphatic carbocycles. The van der Waals surface area contributed by atoms with E-state index in [0.29, 0.717) is 30.0 Å². The molecule has 10 nitrogen and oxygen atoms in total. The quantitative estimate of drug-likeness (QED) is 0.302. The number of fused-ring (bicyclic) bond motifs is 2. The van der Waals surface area contributed by atoms with Crippen molar-refractivity contribution in [2.45, 2.75) is 38.3 Å². The van der Waals surface area contributed by atoms with E-state index in [2.05, 4.69) is 29.6 Å². The van der Waals surface area contributed by atoms with Crippen LogP contribution >= 0.6 is 0 Å². The van der Waals surface area contributed by atoms with Crippen LogP contribution < -0.4 is 9.64 Å². The molecule has 226 valence electrons. The lowest BCUT2D eigenvalue weighted by Gasteiger charge is -2.41. The van der Waals surface area contributed by atoms with Gasteiger partial charge in [0.25, 0.3) is 5.91 Å². The maximum Gasteiger partial charge on any atom is 0.319 e. The van der Waals surface area contributed by atoms with Gasteiger partial charge in [-0.1, -0.05) is 43.0 Å². The van der Waals surface area contributed by atoms with Crippen molar-refractivity contribution in [1.82, 2.24) is 24.8 Å². The molecule has 44 heavy (non-hydrogen) atoms. The van der Waals surface area contributed by atoms with Crippen LogP contribution in [0.2, 0.25) is 0 Å². The first-order valence-corrected chi connectivity index (χ1v) is 14.8. The molecule has 2 aliphatic rings. The fraction of sp³-hybridized carbons (Fsp3) is 0.364. The Balaban J connectivity index is 1.45. The minimum atomic E-state index is -1.06. The smallest absolute Gasteiger partial charge is 0.319 e. The Bertz CT molecular complexity index is 1800. The monoisotopic (exact) mass is 595 g/mol. The second-order valence-corrected chi connectivity index (χ2v) is 11.5. The molecule has 4 aromatic rings. The van der Waals surface area contributed by atoms with Crippen molar-refractivity contribution in [2.24, 2.45) is 0 Å². The summed E-state index contributed by atoms with van der Waals surface area (Å²) >= 11 is 0. The van der Waals surface area contributed by atoms with E-state index in [0.717, 1.165) is 41.3 Å². The highest BCUT2D eigenvalue weighted by atomic mass is 19.1. The van der Waals surface area contributed by atoms with Gasteiger partial charge in [0.05, 0.1) is 23.9 Å². The number of ether oxygens (including phenoxy) is 1. The maximum atomic E-state index is 13.8. The molecule has 0 saturated carbocycles. The fourth-order valence-corrected chi connectivity index (χ4v) is 6.38. The number of aromatic hydroxyl groups is 1. The van der Waals surface area contributed by atoms with Crippen molar-refractivity contribution in [3.05, 3.63) is 60.6 Å².